The second-order valence-electron chi connectivity index (χ2n) is 13.9. The van der Waals surface area contributed by atoms with Crippen molar-refractivity contribution < 1.29 is 9.59 Å². The van der Waals surface area contributed by atoms with Gasteiger partial charge in [0.15, 0.2) is 5.96 Å². The van der Waals surface area contributed by atoms with Crippen LogP contribution in [0.4, 0.5) is 11.6 Å². The van der Waals surface area contributed by atoms with Crippen LogP contribution in [0.5, 0.6) is 0 Å². The monoisotopic (exact) mass is 680 g/mol. The number of hydrogen-bond donors (Lipinski definition) is 4. The number of halogens is 2. The van der Waals surface area contributed by atoms with E-state index in [1.165, 1.54) is 17.9 Å². The summed E-state index contributed by atoms with van der Waals surface area (Å²) in [7, 11) is 0. The van der Waals surface area contributed by atoms with Gasteiger partial charge in [-0.25, -0.2) is 9.98 Å². The number of carbonyl (C=O) groups excluding carboxylic acids is 2. The summed E-state index contributed by atoms with van der Waals surface area (Å²) in [5.74, 6) is 2.13. The number of fused-ring (bicyclic) bond motifs is 3. The minimum Gasteiger partial charge on any atom is -0.350 e. The molecule has 3 aliphatic carbocycles. The highest BCUT2D eigenvalue weighted by Crippen LogP contribution is 2.61. The molecule has 11 nitrogen and oxygen atoms in total. The first kappa shape index (κ1) is 33.1. The number of benzene rings is 2. The second-order valence-corrected chi connectivity index (χ2v) is 14.7. The minimum atomic E-state index is -0.333. The number of nitrogens with one attached hydrogen (secondary N) is 4. The van der Waals surface area contributed by atoms with E-state index in [1.54, 1.807) is 24.3 Å². The number of carbonyl (C=O) groups is 2. The predicted molar refractivity (Wildman–Crippen MR) is 187 cm³/mol. The Kier molecular flexibility index (Phi) is 9.15. The number of piperazine rings is 1. The van der Waals surface area contributed by atoms with Crippen LogP contribution in [0.3, 0.4) is 0 Å². The molecule has 3 aromatic rings. The second kappa shape index (κ2) is 13.0. The van der Waals surface area contributed by atoms with E-state index in [-0.39, 0.29) is 48.5 Å². The molecule has 0 unspecified atom stereocenters. The minimum absolute atomic E-state index is 0.0266. The van der Waals surface area contributed by atoms with Crippen LogP contribution in [0.2, 0.25) is 10.0 Å². The Labute approximate surface area is 284 Å². The lowest BCUT2D eigenvalue weighted by Gasteiger charge is -2.61. The molecule has 7 rings (SSSR count). The van der Waals surface area contributed by atoms with Crippen molar-refractivity contribution in [2.24, 2.45) is 28.2 Å². The van der Waals surface area contributed by atoms with Crippen molar-refractivity contribution in [1.29, 1.82) is 0 Å². The van der Waals surface area contributed by atoms with Crippen LogP contribution >= 0.6 is 23.2 Å². The van der Waals surface area contributed by atoms with Crippen LogP contribution < -0.4 is 27.0 Å². The van der Waals surface area contributed by atoms with Crippen molar-refractivity contribution in [1.82, 2.24) is 25.2 Å². The topological polar surface area (TPSA) is 133 Å². The van der Waals surface area contributed by atoms with Gasteiger partial charge in [0, 0.05) is 41.8 Å². The normalized spacial score (nSPS) is 25.2. The summed E-state index contributed by atoms with van der Waals surface area (Å²) >= 11 is 12.5. The Morgan fingerprint density at radius 2 is 1.91 bits per heavy atom. The third-order valence-electron chi connectivity index (χ3n) is 10.3. The van der Waals surface area contributed by atoms with Crippen LogP contribution in [-0.2, 0) is 22.6 Å². The highest BCUT2D eigenvalue weighted by atomic mass is 35.5. The van der Waals surface area contributed by atoms with E-state index < -0.39 is 0 Å². The molecule has 3 saturated carbocycles. The summed E-state index contributed by atoms with van der Waals surface area (Å²) in [4.78, 5) is 50.2. The van der Waals surface area contributed by atoms with Gasteiger partial charge in [0.05, 0.1) is 23.5 Å². The van der Waals surface area contributed by atoms with Gasteiger partial charge >= 0.3 is 0 Å². The number of nitrogens with zero attached hydrogens (tertiary/aromatic N) is 4. The van der Waals surface area contributed by atoms with E-state index in [0.717, 1.165) is 12.0 Å². The molecule has 0 spiro atoms. The van der Waals surface area contributed by atoms with Crippen LogP contribution in [0.1, 0.15) is 53.0 Å². The average Bonchev–Trinajstić information content (AvgIpc) is 3.00. The summed E-state index contributed by atoms with van der Waals surface area (Å²) in [6.45, 7) is 11.5. The quantitative estimate of drug-likeness (QED) is 0.156. The SMILES string of the molecule is CC(=O)NNc1nc2cc(NC(=N[C@H]3C[C@@H]4C[C@H]([C@@H]3C)C4(C)C)N3CC(=O)N[C@@H](C)C3)ccc2c(=O)n1CCc1ccc(Cl)cc1Cl. The molecule has 5 atom stereocenters. The number of hydrogen-bond acceptors (Lipinski definition) is 6. The molecule has 4 fully saturated rings. The maximum atomic E-state index is 13.8. The molecule has 2 aromatic carbocycles. The van der Waals surface area contributed by atoms with Crippen LogP contribution in [-0.4, -0.2) is 57.4 Å². The zero-order chi connectivity index (χ0) is 33.6. The fraction of sp³-hybridized carbons (Fsp3) is 0.500. The number of aromatic nitrogens is 2. The molecule has 1 aliphatic heterocycles. The van der Waals surface area contributed by atoms with Crippen LogP contribution in [0, 0.1) is 23.2 Å². The molecule has 4 aliphatic rings. The molecule has 2 bridgehead atoms. The van der Waals surface area contributed by atoms with Gasteiger partial charge in [0.2, 0.25) is 17.8 Å². The Hall–Kier alpha value is -3.83. The third-order valence-corrected chi connectivity index (χ3v) is 10.9. The Morgan fingerprint density at radius 1 is 1.13 bits per heavy atom. The molecular weight excluding hydrogens is 639 g/mol. The summed E-state index contributed by atoms with van der Waals surface area (Å²) in [6, 6.07) is 10.7. The van der Waals surface area contributed by atoms with Crippen LogP contribution in [0.25, 0.3) is 10.9 Å². The maximum Gasteiger partial charge on any atom is 0.262 e. The molecule has 0 radical (unpaired) electrons. The molecule has 47 heavy (non-hydrogen) atoms. The molecule has 250 valence electrons. The van der Waals surface area contributed by atoms with Crippen LogP contribution in [0.15, 0.2) is 46.2 Å². The predicted octanol–water partition coefficient (Wildman–Crippen LogP) is 5.07. The highest BCUT2D eigenvalue weighted by molar-refractivity contribution is 6.35. The van der Waals surface area contributed by atoms with E-state index in [1.807, 2.05) is 24.0 Å². The molecule has 1 aromatic heterocycles. The van der Waals surface area contributed by atoms with Gasteiger partial charge in [0.25, 0.3) is 5.56 Å². The first-order chi connectivity index (χ1) is 22.3. The zero-order valence-corrected chi connectivity index (χ0v) is 28.9. The van der Waals surface area contributed by atoms with Crippen molar-refractivity contribution >= 4 is 63.5 Å². The molecule has 1 saturated heterocycles. The van der Waals surface area contributed by atoms with E-state index in [4.69, 9.17) is 33.2 Å². The lowest BCUT2D eigenvalue weighted by Crippen LogP contribution is -2.58. The van der Waals surface area contributed by atoms with Crippen molar-refractivity contribution in [3.63, 3.8) is 0 Å². The van der Waals surface area contributed by atoms with Crippen molar-refractivity contribution in [2.75, 3.05) is 23.8 Å². The number of rotatable bonds is 7. The maximum absolute atomic E-state index is 13.8. The third kappa shape index (κ3) is 6.78. The van der Waals surface area contributed by atoms with Gasteiger partial charge in [0.1, 0.15) is 0 Å². The fourth-order valence-corrected chi connectivity index (χ4v) is 8.07. The van der Waals surface area contributed by atoms with Gasteiger partial charge < -0.3 is 15.5 Å². The highest BCUT2D eigenvalue weighted by Gasteiger charge is 2.56. The number of anilines is 2. The Morgan fingerprint density at radius 3 is 2.60 bits per heavy atom. The lowest BCUT2D eigenvalue weighted by atomic mass is 9.45. The van der Waals surface area contributed by atoms with Crippen molar-refractivity contribution in [3.05, 3.63) is 62.4 Å². The molecule has 13 heteroatoms. The van der Waals surface area contributed by atoms with E-state index in [0.29, 0.717) is 68.7 Å². The first-order valence-electron chi connectivity index (χ1n) is 16.2. The fourth-order valence-electron chi connectivity index (χ4n) is 7.57. The first-order valence-corrected chi connectivity index (χ1v) is 17.0. The largest absolute Gasteiger partial charge is 0.350 e. The lowest BCUT2D eigenvalue weighted by molar-refractivity contribution is -0.124. The van der Waals surface area contributed by atoms with Gasteiger partial charge in [-0.1, -0.05) is 50.0 Å². The number of hydrazine groups is 1. The summed E-state index contributed by atoms with van der Waals surface area (Å²) in [6.07, 6.45) is 2.71. The molecular formula is C34H42Cl2N8O3. The Balaban J connectivity index is 1.33. The summed E-state index contributed by atoms with van der Waals surface area (Å²) in [5, 5.41) is 7.94. The van der Waals surface area contributed by atoms with Gasteiger partial charge in [-0.3, -0.25) is 29.8 Å². The van der Waals surface area contributed by atoms with E-state index in [9.17, 15) is 14.4 Å². The number of aliphatic imine (C=N–C) groups is 1. The standard InChI is InChI=1S/C34H42Cl2N8O3/c1-18-16-43(17-30(46)37-18)32(39-28-13-22-12-26(19(28)2)34(22,4)5)38-24-8-9-25-29(15-24)40-33(42-41-20(3)45)44(31(25)47)11-10-21-6-7-23(35)14-27(21)36/h6-9,14-15,18-19,22,26,28H,10-13,16-17H2,1-5H3,(H,37,46)(H,38,39)(H,40,42)(H,41,45)/t18-,19-,22-,26+,28-/m0/s1. The van der Waals surface area contributed by atoms with Crippen molar-refractivity contribution in [2.45, 2.75) is 72.5 Å². The van der Waals surface area contributed by atoms with E-state index >= 15 is 0 Å². The number of amides is 2. The molecule has 4 N–H and O–H groups in total. The zero-order valence-electron chi connectivity index (χ0n) is 27.4. The Bertz CT molecular complexity index is 1810. The van der Waals surface area contributed by atoms with Gasteiger partial charge in [-0.15, -0.1) is 0 Å². The smallest absolute Gasteiger partial charge is 0.262 e. The molecule has 2 amide bonds. The van der Waals surface area contributed by atoms with Gasteiger partial charge in [-0.05, 0) is 85.3 Å². The number of aryl methyl sites for hydroxylation is 1. The summed E-state index contributed by atoms with van der Waals surface area (Å²) < 4.78 is 1.48. The van der Waals surface area contributed by atoms with Gasteiger partial charge in [-0.2, -0.15) is 0 Å². The number of guanidine groups is 1. The van der Waals surface area contributed by atoms with E-state index in [2.05, 4.69) is 42.3 Å². The average molecular weight is 682 g/mol. The molecule has 2 heterocycles. The summed E-state index contributed by atoms with van der Waals surface area (Å²) in [5.41, 5.74) is 7.35. The van der Waals surface area contributed by atoms with Crippen molar-refractivity contribution in [3.8, 4) is 0 Å².